The maximum absolute atomic E-state index is 11.1. The van der Waals surface area contributed by atoms with E-state index in [0.29, 0.717) is 6.54 Å². The number of carbonyl (C=O) groups excluding carboxylic acids is 1. The van der Waals surface area contributed by atoms with E-state index >= 15 is 0 Å². The van der Waals surface area contributed by atoms with Crippen molar-refractivity contribution in [1.29, 1.82) is 0 Å². The highest BCUT2D eigenvalue weighted by molar-refractivity contribution is 9.10. The van der Waals surface area contributed by atoms with Crippen molar-refractivity contribution >= 4 is 21.8 Å². The van der Waals surface area contributed by atoms with E-state index in [1.54, 1.807) is 6.20 Å². The Morgan fingerprint density at radius 2 is 2.40 bits per heavy atom. The van der Waals surface area contributed by atoms with E-state index in [1.807, 2.05) is 12.1 Å². The van der Waals surface area contributed by atoms with Crippen molar-refractivity contribution in [1.82, 2.24) is 15.2 Å². The summed E-state index contributed by atoms with van der Waals surface area (Å²) in [5.41, 5.74) is 0.993. The van der Waals surface area contributed by atoms with E-state index in [-0.39, 0.29) is 5.91 Å². The Balaban J connectivity index is 1.96. The highest BCUT2D eigenvalue weighted by Crippen LogP contribution is 2.09. The van der Waals surface area contributed by atoms with Crippen molar-refractivity contribution in [2.45, 2.75) is 6.54 Å². The van der Waals surface area contributed by atoms with Crippen LogP contribution in [-0.4, -0.2) is 35.4 Å². The lowest BCUT2D eigenvalue weighted by atomic mass is 10.3. The van der Waals surface area contributed by atoms with Gasteiger partial charge in [0.2, 0.25) is 5.91 Å². The van der Waals surface area contributed by atoms with Crippen LogP contribution in [0, 0.1) is 0 Å². The Kier molecular flexibility index (Phi) is 3.33. The molecule has 1 N–H and O–H groups in total. The van der Waals surface area contributed by atoms with Gasteiger partial charge in [0.05, 0.1) is 12.2 Å². The van der Waals surface area contributed by atoms with Crippen LogP contribution in [0.25, 0.3) is 0 Å². The summed E-state index contributed by atoms with van der Waals surface area (Å²) in [4.78, 5) is 17.5. The smallest absolute Gasteiger partial charge is 0.234 e. The second kappa shape index (κ2) is 4.72. The number of hydrogen-bond acceptors (Lipinski definition) is 3. The predicted molar refractivity (Wildman–Crippen MR) is 60.2 cm³/mol. The number of nitrogens with zero attached hydrogens (tertiary/aromatic N) is 2. The Labute approximate surface area is 96.8 Å². The summed E-state index contributed by atoms with van der Waals surface area (Å²) < 4.78 is 0.975. The van der Waals surface area contributed by atoms with E-state index in [0.717, 1.165) is 29.8 Å². The lowest BCUT2D eigenvalue weighted by Crippen LogP contribution is -2.47. The molecule has 15 heavy (non-hydrogen) atoms. The summed E-state index contributed by atoms with van der Waals surface area (Å²) in [5, 5.41) is 2.80. The van der Waals surface area contributed by atoms with Gasteiger partial charge in [0.1, 0.15) is 0 Å². The van der Waals surface area contributed by atoms with Crippen molar-refractivity contribution in [3.05, 3.63) is 28.5 Å². The molecule has 0 saturated carbocycles. The number of pyridine rings is 1. The van der Waals surface area contributed by atoms with Gasteiger partial charge in [-0.25, -0.2) is 0 Å². The van der Waals surface area contributed by atoms with Crippen molar-refractivity contribution < 1.29 is 4.79 Å². The van der Waals surface area contributed by atoms with Gasteiger partial charge in [-0.05, 0) is 28.1 Å². The van der Waals surface area contributed by atoms with E-state index in [9.17, 15) is 4.79 Å². The van der Waals surface area contributed by atoms with Crippen LogP contribution in [-0.2, 0) is 11.3 Å². The van der Waals surface area contributed by atoms with Gasteiger partial charge in [-0.15, -0.1) is 0 Å². The molecule has 0 aromatic carbocycles. The first-order valence-corrected chi connectivity index (χ1v) is 5.63. The van der Waals surface area contributed by atoms with Crippen LogP contribution in [0.1, 0.15) is 5.69 Å². The highest BCUT2D eigenvalue weighted by Gasteiger charge is 2.16. The fourth-order valence-electron chi connectivity index (χ4n) is 1.56. The first-order valence-electron chi connectivity index (χ1n) is 4.83. The molecular formula is C10H12BrN3O. The van der Waals surface area contributed by atoms with Crippen LogP contribution in [0.2, 0.25) is 0 Å². The fraction of sp³-hybridized carbons (Fsp3) is 0.400. The third-order valence-corrected chi connectivity index (χ3v) is 2.76. The van der Waals surface area contributed by atoms with Crippen LogP contribution in [0.15, 0.2) is 22.8 Å². The lowest BCUT2D eigenvalue weighted by Gasteiger charge is -2.25. The van der Waals surface area contributed by atoms with E-state index < -0.39 is 0 Å². The molecule has 4 nitrogen and oxygen atoms in total. The van der Waals surface area contributed by atoms with Crippen molar-refractivity contribution in [2.75, 3.05) is 19.6 Å². The van der Waals surface area contributed by atoms with E-state index in [4.69, 9.17) is 0 Å². The van der Waals surface area contributed by atoms with Crippen molar-refractivity contribution in [3.8, 4) is 0 Å². The summed E-state index contributed by atoms with van der Waals surface area (Å²) in [6.45, 7) is 2.83. The van der Waals surface area contributed by atoms with Crippen LogP contribution in [0.3, 0.4) is 0 Å². The molecule has 80 valence electrons. The molecule has 2 heterocycles. The SMILES string of the molecule is O=C1CN(Cc2ccc(Br)cn2)CCN1. The Bertz CT molecular complexity index is 352. The Morgan fingerprint density at radius 3 is 3.07 bits per heavy atom. The van der Waals surface area contributed by atoms with Gasteiger partial charge in [0.25, 0.3) is 0 Å². The molecule has 1 fully saturated rings. The molecule has 0 atom stereocenters. The molecule has 1 aromatic rings. The van der Waals surface area contributed by atoms with E-state index in [2.05, 4.69) is 31.1 Å². The van der Waals surface area contributed by atoms with Gasteiger partial charge < -0.3 is 5.32 Å². The summed E-state index contributed by atoms with van der Waals surface area (Å²) >= 11 is 3.34. The van der Waals surface area contributed by atoms with Gasteiger partial charge in [-0.1, -0.05) is 0 Å². The Morgan fingerprint density at radius 1 is 1.53 bits per heavy atom. The van der Waals surface area contributed by atoms with Gasteiger partial charge in [0, 0.05) is 30.3 Å². The molecule has 1 aliphatic rings. The second-order valence-electron chi connectivity index (χ2n) is 3.53. The number of piperazine rings is 1. The number of aromatic nitrogens is 1. The lowest BCUT2D eigenvalue weighted by molar-refractivity contribution is -0.124. The van der Waals surface area contributed by atoms with Crippen molar-refractivity contribution in [2.24, 2.45) is 0 Å². The fourth-order valence-corrected chi connectivity index (χ4v) is 1.79. The molecule has 0 spiro atoms. The zero-order chi connectivity index (χ0) is 10.7. The molecular weight excluding hydrogens is 258 g/mol. The normalized spacial score (nSPS) is 17.5. The maximum atomic E-state index is 11.1. The third kappa shape index (κ3) is 3.00. The van der Waals surface area contributed by atoms with E-state index in [1.165, 1.54) is 0 Å². The highest BCUT2D eigenvalue weighted by atomic mass is 79.9. The molecule has 0 unspecified atom stereocenters. The zero-order valence-electron chi connectivity index (χ0n) is 8.24. The predicted octanol–water partition coefficient (Wildman–Crippen LogP) is 0.776. The van der Waals surface area contributed by atoms with Gasteiger partial charge in [-0.2, -0.15) is 0 Å². The van der Waals surface area contributed by atoms with Gasteiger partial charge in [-0.3, -0.25) is 14.7 Å². The van der Waals surface area contributed by atoms with Crippen molar-refractivity contribution in [3.63, 3.8) is 0 Å². The molecule has 5 heteroatoms. The first kappa shape index (κ1) is 10.6. The van der Waals surface area contributed by atoms with Crippen LogP contribution >= 0.6 is 15.9 Å². The van der Waals surface area contributed by atoms with Crippen LogP contribution < -0.4 is 5.32 Å². The molecule has 0 aliphatic carbocycles. The number of carbonyl (C=O) groups is 1. The molecule has 2 rings (SSSR count). The number of amides is 1. The minimum Gasteiger partial charge on any atom is -0.354 e. The summed E-state index contributed by atoms with van der Waals surface area (Å²) in [7, 11) is 0. The average Bonchev–Trinajstić information content (AvgIpc) is 2.22. The van der Waals surface area contributed by atoms with Crippen LogP contribution in [0.4, 0.5) is 0 Å². The van der Waals surface area contributed by atoms with Gasteiger partial charge in [0.15, 0.2) is 0 Å². The molecule has 1 amide bonds. The summed E-state index contributed by atoms with van der Waals surface area (Å²) in [5.74, 6) is 0.0957. The number of nitrogens with one attached hydrogen (secondary N) is 1. The minimum atomic E-state index is 0.0957. The monoisotopic (exact) mass is 269 g/mol. The molecule has 1 aliphatic heterocycles. The quantitative estimate of drug-likeness (QED) is 0.863. The summed E-state index contributed by atoms with van der Waals surface area (Å²) in [6, 6.07) is 3.93. The molecule has 1 aromatic heterocycles. The molecule has 1 saturated heterocycles. The summed E-state index contributed by atoms with van der Waals surface area (Å²) in [6.07, 6.45) is 1.78. The topological polar surface area (TPSA) is 45.2 Å². The largest absolute Gasteiger partial charge is 0.354 e. The minimum absolute atomic E-state index is 0.0957. The maximum Gasteiger partial charge on any atom is 0.234 e. The molecule has 0 bridgehead atoms. The average molecular weight is 270 g/mol. The van der Waals surface area contributed by atoms with Crippen LogP contribution in [0.5, 0.6) is 0 Å². The standard InChI is InChI=1S/C10H12BrN3O/c11-8-1-2-9(13-5-8)6-14-4-3-12-10(15)7-14/h1-2,5H,3-4,6-7H2,(H,12,15). The number of halogens is 1. The first-order chi connectivity index (χ1) is 7.24. The van der Waals surface area contributed by atoms with Gasteiger partial charge >= 0.3 is 0 Å². The number of hydrogen-bond donors (Lipinski definition) is 1. The number of rotatable bonds is 2. The third-order valence-electron chi connectivity index (χ3n) is 2.29. The zero-order valence-corrected chi connectivity index (χ0v) is 9.83. The Hall–Kier alpha value is -0.940. The second-order valence-corrected chi connectivity index (χ2v) is 4.44. The molecule has 0 radical (unpaired) electrons.